The molecule has 4 nitrogen and oxygen atoms in total. The van der Waals surface area contributed by atoms with E-state index >= 15 is 0 Å². The first-order valence-corrected chi connectivity index (χ1v) is 6.58. The van der Waals surface area contributed by atoms with E-state index in [1.165, 1.54) is 0 Å². The SMILES string of the molecule is Cc1ccc(C)c(C(=O)N2CCCC2C)c1C(=O)O. The van der Waals surface area contributed by atoms with Crippen molar-refractivity contribution in [3.05, 3.63) is 34.4 Å². The predicted molar refractivity (Wildman–Crippen MR) is 72.6 cm³/mol. The van der Waals surface area contributed by atoms with Gasteiger partial charge in [-0.15, -0.1) is 0 Å². The minimum absolute atomic E-state index is 0.143. The fraction of sp³-hybridized carbons (Fsp3) is 0.467. The largest absolute Gasteiger partial charge is 0.478 e. The van der Waals surface area contributed by atoms with Crippen LogP contribution in [0.3, 0.4) is 0 Å². The quantitative estimate of drug-likeness (QED) is 0.890. The number of benzene rings is 1. The Bertz CT molecular complexity index is 536. The maximum atomic E-state index is 12.6. The number of carboxylic acids is 1. The Kier molecular flexibility index (Phi) is 3.60. The van der Waals surface area contributed by atoms with Crippen molar-refractivity contribution in [1.82, 2.24) is 4.90 Å². The molecular formula is C15H19NO3. The molecule has 1 heterocycles. The van der Waals surface area contributed by atoms with Gasteiger partial charge in [0.25, 0.3) is 5.91 Å². The summed E-state index contributed by atoms with van der Waals surface area (Å²) in [5.41, 5.74) is 1.85. The third-order valence-corrected chi connectivity index (χ3v) is 3.86. The molecule has 0 radical (unpaired) electrons. The van der Waals surface area contributed by atoms with Gasteiger partial charge in [0.2, 0.25) is 0 Å². The van der Waals surface area contributed by atoms with Crippen LogP contribution in [-0.2, 0) is 0 Å². The Balaban J connectivity index is 2.52. The molecule has 1 aromatic rings. The van der Waals surface area contributed by atoms with Gasteiger partial charge in [-0.05, 0) is 44.7 Å². The molecule has 2 rings (SSSR count). The van der Waals surface area contributed by atoms with E-state index < -0.39 is 5.97 Å². The molecule has 1 atom stereocenters. The first-order chi connectivity index (χ1) is 8.93. The summed E-state index contributed by atoms with van der Waals surface area (Å²) in [6, 6.07) is 3.76. The number of carbonyl (C=O) groups is 2. The lowest BCUT2D eigenvalue weighted by molar-refractivity contribution is 0.0671. The number of hydrogen-bond acceptors (Lipinski definition) is 2. The van der Waals surface area contributed by atoms with Gasteiger partial charge in [0, 0.05) is 12.6 Å². The van der Waals surface area contributed by atoms with Crippen LogP contribution in [0.15, 0.2) is 12.1 Å². The summed E-state index contributed by atoms with van der Waals surface area (Å²) in [7, 11) is 0. The van der Waals surface area contributed by atoms with E-state index in [1.54, 1.807) is 24.8 Å². The zero-order valence-electron chi connectivity index (χ0n) is 11.6. The lowest BCUT2D eigenvalue weighted by Crippen LogP contribution is -2.35. The summed E-state index contributed by atoms with van der Waals surface area (Å²) in [5.74, 6) is -1.18. The Morgan fingerprint density at radius 3 is 2.26 bits per heavy atom. The van der Waals surface area contributed by atoms with Crippen molar-refractivity contribution in [2.75, 3.05) is 6.54 Å². The van der Waals surface area contributed by atoms with Crippen LogP contribution in [0.25, 0.3) is 0 Å². The summed E-state index contributed by atoms with van der Waals surface area (Å²) < 4.78 is 0. The highest BCUT2D eigenvalue weighted by Crippen LogP contribution is 2.25. The lowest BCUT2D eigenvalue weighted by Gasteiger charge is -2.23. The highest BCUT2D eigenvalue weighted by Gasteiger charge is 2.30. The van der Waals surface area contributed by atoms with Crippen LogP contribution in [0, 0.1) is 13.8 Å². The Labute approximate surface area is 113 Å². The van der Waals surface area contributed by atoms with Crippen molar-refractivity contribution < 1.29 is 14.7 Å². The van der Waals surface area contributed by atoms with E-state index in [1.807, 2.05) is 13.0 Å². The summed E-state index contributed by atoms with van der Waals surface area (Å²) in [6.07, 6.45) is 1.97. The number of nitrogens with zero attached hydrogens (tertiary/aromatic N) is 1. The number of carboxylic acid groups (broad SMARTS) is 1. The topological polar surface area (TPSA) is 57.6 Å². The minimum atomic E-state index is -1.03. The van der Waals surface area contributed by atoms with Crippen molar-refractivity contribution in [2.24, 2.45) is 0 Å². The molecule has 0 aromatic heterocycles. The standard InChI is InChI=1S/C15H19NO3/c1-9-6-7-10(2)13(15(18)19)12(9)14(17)16-8-4-5-11(16)3/h6-7,11H,4-5,8H2,1-3H3,(H,18,19). The van der Waals surface area contributed by atoms with Gasteiger partial charge in [-0.3, -0.25) is 4.79 Å². The second kappa shape index (κ2) is 5.03. The van der Waals surface area contributed by atoms with E-state index in [0.717, 1.165) is 18.4 Å². The molecule has 1 fully saturated rings. The monoisotopic (exact) mass is 261 g/mol. The highest BCUT2D eigenvalue weighted by molar-refractivity contribution is 6.06. The average Bonchev–Trinajstić information content (AvgIpc) is 2.76. The van der Waals surface area contributed by atoms with Crippen molar-refractivity contribution in [3.63, 3.8) is 0 Å². The van der Waals surface area contributed by atoms with Gasteiger partial charge in [-0.1, -0.05) is 12.1 Å². The molecule has 1 aliphatic rings. The molecule has 0 spiro atoms. The second-order valence-electron chi connectivity index (χ2n) is 5.24. The maximum absolute atomic E-state index is 12.6. The van der Waals surface area contributed by atoms with E-state index in [9.17, 15) is 14.7 Å². The summed E-state index contributed by atoms with van der Waals surface area (Å²) in [4.78, 5) is 25.8. The van der Waals surface area contributed by atoms with Crippen LogP contribution in [-0.4, -0.2) is 34.5 Å². The third-order valence-electron chi connectivity index (χ3n) is 3.86. The van der Waals surface area contributed by atoms with E-state index in [-0.39, 0.29) is 17.5 Å². The average molecular weight is 261 g/mol. The zero-order chi connectivity index (χ0) is 14.2. The van der Waals surface area contributed by atoms with Crippen molar-refractivity contribution in [1.29, 1.82) is 0 Å². The van der Waals surface area contributed by atoms with Gasteiger partial charge in [0.05, 0.1) is 11.1 Å². The van der Waals surface area contributed by atoms with Gasteiger partial charge >= 0.3 is 5.97 Å². The molecule has 0 bridgehead atoms. The molecule has 1 aliphatic heterocycles. The van der Waals surface area contributed by atoms with Crippen molar-refractivity contribution in [2.45, 2.75) is 39.7 Å². The van der Waals surface area contributed by atoms with Crippen LogP contribution in [0.1, 0.15) is 51.6 Å². The zero-order valence-corrected chi connectivity index (χ0v) is 11.6. The van der Waals surface area contributed by atoms with Gasteiger partial charge < -0.3 is 10.0 Å². The Hall–Kier alpha value is -1.84. The smallest absolute Gasteiger partial charge is 0.336 e. The Morgan fingerprint density at radius 1 is 1.21 bits per heavy atom. The number of aromatic carboxylic acids is 1. The lowest BCUT2D eigenvalue weighted by atomic mass is 9.96. The molecule has 0 saturated carbocycles. The minimum Gasteiger partial charge on any atom is -0.478 e. The Morgan fingerprint density at radius 2 is 1.79 bits per heavy atom. The summed E-state index contributed by atoms with van der Waals surface area (Å²) in [6.45, 7) is 6.25. The fourth-order valence-corrected chi connectivity index (χ4v) is 2.74. The molecule has 19 heavy (non-hydrogen) atoms. The van der Waals surface area contributed by atoms with Crippen molar-refractivity contribution in [3.8, 4) is 0 Å². The van der Waals surface area contributed by atoms with E-state index in [4.69, 9.17) is 0 Å². The number of amides is 1. The van der Waals surface area contributed by atoms with Gasteiger partial charge in [-0.25, -0.2) is 4.79 Å². The van der Waals surface area contributed by atoms with Gasteiger partial charge in [-0.2, -0.15) is 0 Å². The molecule has 1 saturated heterocycles. The molecule has 102 valence electrons. The summed E-state index contributed by atoms with van der Waals surface area (Å²) >= 11 is 0. The molecule has 1 amide bonds. The molecular weight excluding hydrogens is 242 g/mol. The van der Waals surface area contributed by atoms with Gasteiger partial charge in [0.15, 0.2) is 0 Å². The van der Waals surface area contributed by atoms with Crippen LogP contribution >= 0.6 is 0 Å². The second-order valence-corrected chi connectivity index (χ2v) is 5.24. The number of rotatable bonds is 2. The number of likely N-dealkylation sites (tertiary alicyclic amines) is 1. The molecule has 1 unspecified atom stereocenters. The fourth-order valence-electron chi connectivity index (χ4n) is 2.74. The predicted octanol–water partition coefficient (Wildman–Crippen LogP) is 2.63. The highest BCUT2D eigenvalue weighted by atomic mass is 16.4. The third kappa shape index (κ3) is 2.35. The molecule has 1 N–H and O–H groups in total. The van der Waals surface area contributed by atoms with Crippen molar-refractivity contribution >= 4 is 11.9 Å². The normalized spacial score (nSPS) is 18.7. The van der Waals surface area contributed by atoms with E-state index in [0.29, 0.717) is 17.7 Å². The number of hydrogen-bond donors (Lipinski definition) is 1. The molecule has 4 heteroatoms. The molecule has 1 aromatic carbocycles. The van der Waals surface area contributed by atoms with Crippen LogP contribution in [0.2, 0.25) is 0 Å². The maximum Gasteiger partial charge on any atom is 0.336 e. The number of carbonyl (C=O) groups excluding carboxylic acids is 1. The first-order valence-electron chi connectivity index (χ1n) is 6.58. The molecule has 0 aliphatic carbocycles. The van der Waals surface area contributed by atoms with Crippen LogP contribution < -0.4 is 0 Å². The van der Waals surface area contributed by atoms with Crippen LogP contribution in [0.4, 0.5) is 0 Å². The van der Waals surface area contributed by atoms with Crippen LogP contribution in [0.5, 0.6) is 0 Å². The van der Waals surface area contributed by atoms with Gasteiger partial charge in [0.1, 0.15) is 0 Å². The number of aryl methyl sites for hydroxylation is 2. The summed E-state index contributed by atoms with van der Waals surface area (Å²) in [5, 5.41) is 9.36. The first kappa shape index (κ1) is 13.6. The van der Waals surface area contributed by atoms with E-state index in [2.05, 4.69) is 0 Å².